The topological polar surface area (TPSA) is 151 Å². The molecule has 1 heterocycles. The molecule has 9 nitrogen and oxygen atoms in total. The Morgan fingerprint density at radius 2 is 0.603 bits per heavy atom. The van der Waals surface area contributed by atoms with Gasteiger partial charge in [0.05, 0.1) is 26.2 Å². The molecule has 0 saturated carbocycles. The van der Waals surface area contributed by atoms with Gasteiger partial charge in [0.15, 0.2) is 0 Å². The van der Waals surface area contributed by atoms with Crippen molar-refractivity contribution in [3.05, 3.63) is 117 Å². The molecule has 63 heavy (non-hydrogen) atoms. The van der Waals surface area contributed by atoms with Crippen molar-refractivity contribution in [3.63, 3.8) is 0 Å². The largest absolute Gasteiger partial charge is 2.00 e. The molecule has 1 aliphatic heterocycles. The molecule has 0 radical (unpaired) electrons. The smallest absolute Gasteiger partial charge is 0.872 e. The number of hydrogen-bond donors (Lipinski definition) is 0. The van der Waals surface area contributed by atoms with E-state index in [1.165, 1.54) is 12.8 Å². The standard InChI is InChI=1S/2C24H32N2O2.C4H8O.2Zn/c2*1-23(2,3)19-11-7-9-17(21(19)27)15-25-13-14-26-16-18-10-8-12-20(22(18)28)24(4,5)6;1-2-4-5-3-1;;/h2*7-12,15-16,27-28H,13-14H2,1-6H3;1-4H2;;/q;;;2*+2/p-4. The van der Waals surface area contributed by atoms with Crippen LogP contribution >= 0.6 is 0 Å². The number of para-hydroxylation sites is 4. The Hall–Kier alpha value is -4.03. The molecule has 0 N–H and O–H groups in total. The zero-order valence-electron chi connectivity index (χ0n) is 40.1. The van der Waals surface area contributed by atoms with Gasteiger partial charge in [0.2, 0.25) is 0 Å². The predicted octanol–water partition coefficient (Wildman–Crippen LogP) is 8.73. The maximum atomic E-state index is 12.5. The molecule has 0 bridgehead atoms. The summed E-state index contributed by atoms with van der Waals surface area (Å²) in [4.78, 5) is 17.3. The fourth-order valence-electron chi connectivity index (χ4n) is 6.38. The van der Waals surface area contributed by atoms with Gasteiger partial charge in [-0.2, -0.15) is 0 Å². The van der Waals surface area contributed by atoms with Crippen LogP contribution in [0.25, 0.3) is 0 Å². The molecular formula is C52H68N4O5Zn2. The number of rotatable bonds is 10. The second-order valence-corrected chi connectivity index (χ2v) is 19.4. The van der Waals surface area contributed by atoms with Crippen molar-refractivity contribution in [2.45, 2.75) is 118 Å². The Morgan fingerprint density at radius 1 is 0.397 bits per heavy atom. The third kappa shape index (κ3) is 18.5. The van der Waals surface area contributed by atoms with Gasteiger partial charge < -0.3 is 25.2 Å². The molecule has 1 saturated heterocycles. The van der Waals surface area contributed by atoms with Gasteiger partial charge in [-0.1, -0.05) is 179 Å². The Balaban J connectivity index is 0.000000549. The SMILES string of the molecule is C1CCOC1.CC(C)(C)c1cccc(C=NCCN=Cc2cccc(C(C)(C)C)c2[O-])c1[O-].CC(C)(C)c1cccc(C=NCCN=Cc2cccc(C(C)(C)C)c2[O-])c1[O-].[Zn+2].[Zn+2]. The maximum absolute atomic E-state index is 12.5. The van der Waals surface area contributed by atoms with E-state index in [-0.39, 0.29) is 83.6 Å². The van der Waals surface area contributed by atoms with Crippen molar-refractivity contribution in [3.8, 4) is 23.0 Å². The zero-order chi connectivity index (χ0) is 45.4. The summed E-state index contributed by atoms with van der Waals surface area (Å²) < 4.78 is 4.94. The summed E-state index contributed by atoms with van der Waals surface area (Å²) in [5, 5.41) is 50.1. The minimum Gasteiger partial charge on any atom is -0.872 e. The second-order valence-electron chi connectivity index (χ2n) is 19.4. The maximum Gasteiger partial charge on any atom is 2.00 e. The van der Waals surface area contributed by atoms with Crippen LogP contribution in [-0.4, -0.2) is 64.3 Å². The fourth-order valence-corrected chi connectivity index (χ4v) is 6.38. The van der Waals surface area contributed by atoms with Crippen molar-refractivity contribution in [1.29, 1.82) is 0 Å². The van der Waals surface area contributed by atoms with Crippen LogP contribution < -0.4 is 20.4 Å². The molecule has 0 amide bonds. The first kappa shape index (κ1) is 57.0. The first-order chi connectivity index (χ1) is 28.5. The van der Waals surface area contributed by atoms with Crippen LogP contribution in [0.2, 0.25) is 0 Å². The number of hydrogen-bond acceptors (Lipinski definition) is 9. The average molecular weight is 960 g/mol. The molecule has 0 spiro atoms. The number of ether oxygens (including phenoxy) is 1. The molecule has 5 rings (SSSR count). The average Bonchev–Trinajstić information content (AvgIpc) is 3.76. The first-order valence-electron chi connectivity index (χ1n) is 21.3. The monoisotopic (exact) mass is 956 g/mol. The van der Waals surface area contributed by atoms with E-state index < -0.39 is 0 Å². The summed E-state index contributed by atoms with van der Waals surface area (Å²) in [6, 6.07) is 22.2. The van der Waals surface area contributed by atoms with Gasteiger partial charge in [-0.3, -0.25) is 20.0 Å². The number of benzene rings is 4. The molecule has 0 atom stereocenters. The van der Waals surface area contributed by atoms with E-state index >= 15 is 0 Å². The van der Waals surface area contributed by atoms with Crippen LogP contribution in [-0.2, 0) is 65.4 Å². The molecule has 1 fully saturated rings. The van der Waals surface area contributed by atoms with Crippen LogP contribution in [0.5, 0.6) is 23.0 Å². The van der Waals surface area contributed by atoms with Gasteiger partial charge in [-0.05, 0) is 79.0 Å². The van der Waals surface area contributed by atoms with Crippen LogP contribution in [0.4, 0.5) is 0 Å². The van der Waals surface area contributed by atoms with E-state index in [9.17, 15) is 20.4 Å². The third-order valence-electron chi connectivity index (χ3n) is 9.88. The number of nitrogens with zero attached hydrogens (tertiary/aromatic N) is 4. The summed E-state index contributed by atoms with van der Waals surface area (Å²) in [6.07, 6.45) is 9.03. The van der Waals surface area contributed by atoms with E-state index in [1.807, 2.05) is 132 Å². The van der Waals surface area contributed by atoms with Gasteiger partial charge in [0.25, 0.3) is 0 Å². The van der Waals surface area contributed by atoms with Crippen LogP contribution in [0.15, 0.2) is 92.8 Å². The quantitative estimate of drug-likeness (QED) is 0.0885. The van der Waals surface area contributed by atoms with Crippen LogP contribution in [0.3, 0.4) is 0 Å². The van der Waals surface area contributed by atoms with E-state index in [0.717, 1.165) is 35.5 Å². The second kappa shape index (κ2) is 26.1. The summed E-state index contributed by atoms with van der Waals surface area (Å²) in [5.41, 5.74) is 4.76. The molecular weight excluding hydrogens is 891 g/mol. The zero-order valence-corrected chi connectivity index (χ0v) is 46.1. The summed E-state index contributed by atoms with van der Waals surface area (Å²) in [6.45, 7) is 28.2. The molecule has 0 aromatic heterocycles. The van der Waals surface area contributed by atoms with E-state index in [2.05, 4.69) is 20.0 Å². The van der Waals surface area contributed by atoms with E-state index in [4.69, 9.17) is 4.74 Å². The van der Waals surface area contributed by atoms with E-state index in [0.29, 0.717) is 48.4 Å². The first-order valence-corrected chi connectivity index (χ1v) is 21.3. The van der Waals surface area contributed by atoms with Gasteiger partial charge >= 0.3 is 39.0 Å². The summed E-state index contributed by atoms with van der Waals surface area (Å²) in [5.74, 6) is 0.101. The summed E-state index contributed by atoms with van der Waals surface area (Å²) in [7, 11) is 0. The van der Waals surface area contributed by atoms with Crippen LogP contribution in [0.1, 0.15) is 140 Å². The summed E-state index contributed by atoms with van der Waals surface area (Å²) >= 11 is 0. The molecule has 11 heteroatoms. The molecule has 0 unspecified atom stereocenters. The molecule has 4 aromatic rings. The van der Waals surface area contributed by atoms with Crippen molar-refractivity contribution >= 4 is 24.9 Å². The molecule has 0 aliphatic carbocycles. The van der Waals surface area contributed by atoms with Gasteiger partial charge in [0.1, 0.15) is 0 Å². The van der Waals surface area contributed by atoms with Crippen molar-refractivity contribution in [1.82, 2.24) is 0 Å². The Bertz CT molecular complexity index is 1830. The van der Waals surface area contributed by atoms with Gasteiger partial charge in [-0.15, -0.1) is 0 Å². The van der Waals surface area contributed by atoms with Gasteiger partial charge in [-0.25, -0.2) is 0 Å². The van der Waals surface area contributed by atoms with Crippen molar-refractivity contribution in [2.75, 3.05) is 39.4 Å². The van der Waals surface area contributed by atoms with Crippen molar-refractivity contribution in [2.24, 2.45) is 20.0 Å². The molecule has 4 aromatic carbocycles. The van der Waals surface area contributed by atoms with E-state index in [1.54, 1.807) is 49.1 Å². The Labute approximate surface area is 403 Å². The number of aliphatic imine (C=N–C) groups is 4. The predicted molar refractivity (Wildman–Crippen MR) is 248 cm³/mol. The molecule has 330 valence electrons. The fraction of sp³-hybridized carbons (Fsp3) is 0.462. The van der Waals surface area contributed by atoms with Crippen molar-refractivity contribution < 1.29 is 64.1 Å². The Kier molecular flexibility index (Phi) is 23.6. The third-order valence-corrected chi connectivity index (χ3v) is 9.88. The molecule has 1 aliphatic rings. The van der Waals surface area contributed by atoms with Crippen LogP contribution in [0, 0.1) is 0 Å². The Morgan fingerprint density at radius 3 is 0.762 bits per heavy atom. The normalized spacial score (nSPS) is 13.4. The van der Waals surface area contributed by atoms with Gasteiger partial charge in [0, 0.05) is 38.1 Å². The minimum atomic E-state index is -0.192. The minimum absolute atomic E-state index is 0.